The van der Waals surface area contributed by atoms with Crippen molar-refractivity contribution in [2.24, 2.45) is 0 Å². The number of fused-ring (bicyclic) bond motifs is 1. The molecule has 22 heavy (non-hydrogen) atoms. The van der Waals surface area contributed by atoms with Crippen LogP contribution in [0.25, 0.3) is 0 Å². The van der Waals surface area contributed by atoms with Gasteiger partial charge in [0.15, 0.2) is 6.10 Å². The predicted molar refractivity (Wildman–Crippen MR) is 85.0 cm³/mol. The number of ether oxygens (including phenoxy) is 1. The van der Waals surface area contributed by atoms with Crippen molar-refractivity contribution in [2.45, 2.75) is 26.0 Å². The summed E-state index contributed by atoms with van der Waals surface area (Å²) in [6.07, 6.45) is -0.789. The summed E-state index contributed by atoms with van der Waals surface area (Å²) in [6.45, 7) is 2.41. The van der Waals surface area contributed by atoms with Crippen LogP contribution in [0.3, 0.4) is 0 Å². The molecule has 0 saturated heterocycles. The average Bonchev–Trinajstić information content (AvgIpc) is 2.99. The van der Waals surface area contributed by atoms with Gasteiger partial charge in [-0.25, -0.2) is 0 Å². The van der Waals surface area contributed by atoms with Crippen LogP contribution in [-0.2, 0) is 16.1 Å². The molecule has 1 unspecified atom stereocenters. The van der Waals surface area contributed by atoms with Crippen LogP contribution in [0.15, 0.2) is 35.7 Å². The van der Waals surface area contributed by atoms with Crippen molar-refractivity contribution >= 4 is 28.8 Å². The molecule has 6 heteroatoms. The van der Waals surface area contributed by atoms with Crippen molar-refractivity contribution in [1.29, 1.82) is 0 Å². The maximum atomic E-state index is 12.0. The van der Waals surface area contributed by atoms with E-state index in [4.69, 9.17) is 4.74 Å². The second-order valence-electron chi connectivity index (χ2n) is 5.16. The van der Waals surface area contributed by atoms with Gasteiger partial charge in [-0.15, -0.1) is 11.3 Å². The molecule has 1 aromatic carbocycles. The van der Waals surface area contributed by atoms with E-state index < -0.39 is 6.10 Å². The van der Waals surface area contributed by atoms with Gasteiger partial charge in [0.25, 0.3) is 5.91 Å². The summed E-state index contributed by atoms with van der Waals surface area (Å²) in [7, 11) is 0. The van der Waals surface area contributed by atoms with Gasteiger partial charge in [-0.05, 0) is 36.1 Å². The lowest BCUT2D eigenvalue weighted by Crippen LogP contribution is -2.40. The van der Waals surface area contributed by atoms with E-state index in [-0.39, 0.29) is 18.2 Å². The van der Waals surface area contributed by atoms with E-state index in [9.17, 15) is 9.59 Å². The topological polar surface area (TPSA) is 67.4 Å². The third-order valence-electron chi connectivity index (χ3n) is 3.37. The minimum absolute atomic E-state index is 0.00449. The highest BCUT2D eigenvalue weighted by molar-refractivity contribution is 7.09. The Labute approximate surface area is 132 Å². The number of rotatable bonds is 4. The molecule has 114 valence electrons. The van der Waals surface area contributed by atoms with Gasteiger partial charge in [0.2, 0.25) is 5.91 Å². The molecule has 0 aliphatic carbocycles. The number of thiophene rings is 1. The number of aryl methyl sites for hydroxylation is 1. The Morgan fingerprint density at radius 3 is 3.05 bits per heavy atom. The van der Waals surface area contributed by atoms with Crippen LogP contribution in [0.1, 0.15) is 16.9 Å². The van der Waals surface area contributed by atoms with Crippen LogP contribution in [0.5, 0.6) is 5.75 Å². The van der Waals surface area contributed by atoms with Gasteiger partial charge in [0, 0.05) is 4.88 Å². The fourth-order valence-corrected chi connectivity index (χ4v) is 2.88. The molecular weight excluding hydrogens is 300 g/mol. The van der Waals surface area contributed by atoms with Crippen LogP contribution in [0, 0.1) is 6.92 Å². The van der Waals surface area contributed by atoms with Crippen LogP contribution >= 0.6 is 11.3 Å². The molecule has 1 aromatic heterocycles. The van der Waals surface area contributed by atoms with E-state index in [0.29, 0.717) is 18.0 Å². The van der Waals surface area contributed by atoms with E-state index >= 15 is 0 Å². The molecule has 3 rings (SSSR count). The molecule has 1 aliphatic heterocycles. The summed E-state index contributed by atoms with van der Waals surface area (Å²) in [6, 6.07) is 9.45. The Morgan fingerprint density at radius 1 is 1.41 bits per heavy atom. The van der Waals surface area contributed by atoms with E-state index in [1.54, 1.807) is 17.4 Å². The van der Waals surface area contributed by atoms with Gasteiger partial charge in [-0.2, -0.15) is 0 Å². The summed E-state index contributed by atoms with van der Waals surface area (Å²) in [5.74, 6) is 0.106. The zero-order valence-corrected chi connectivity index (χ0v) is 12.9. The highest BCUT2D eigenvalue weighted by atomic mass is 32.1. The third-order valence-corrected chi connectivity index (χ3v) is 4.24. The first-order chi connectivity index (χ1) is 10.6. The number of nitrogens with one attached hydrogen (secondary N) is 2. The number of hydrogen-bond donors (Lipinski definition) is 2. The van der Waals surface area contributed by atoms with Crippen molar-refractivity contribution < 1.29 is 14.3 Å². The minimum atomic E-state index is -0.793. The summed E-state index contributed by atoms with van der Waals surface area (Å²) in [4.78, 5) is 25.0. The third kappa shape index (κ3) is 3.28. The average molecular weight is 316 g/mol. The quantitative estimate of drug-likeness (QED) is 0.910. The number of benzene rings is 1. The first-order valence-electron chi connectivity index (χ1n) is 6.99. The SMILES string of the molecule is Cc1ccc2c(c1)NC(=O)C(CC(=O)NCc1cccs1)O2. The second kappa shape index (κ2) is 6.19. The molecule has 1 atom stereocenters. The molecule has 0 saturated carbocycles. The number of anilines is 1. The fraction of sp³-hybridized carbons (Fsp3) is 0.250. The maximum Gasteiger partial charge on any atom is 0.266 e. The maximum absolute atomic E-state index is 12.0. The second-order valence-corrected chi connectivity index (χ2v) is 6.19. The van der Waals surface area contributed by atoms with E-state index in [0.717, 1.165) is 10.4 Å². The minimum Gasteiger partial charge on any atom is -0.478 e. The standard InChI is InChI=1S/C16H16N2O3S/c1-10-4-5-13-12(7-10)18-16(20)14(21-13)8-15(19)17-9-11-3-2-6-22-11/h2-7,14H,8-9H2,1H3,(H,17,19)(H,18,20). The summed E-state index contributed by atoms with van der Waals surface area (Å²) >= 11 is 1.58. The Morgan fingerprint density at radius 2 is 2.27 bits per heavy atom. The summed E-state index contributed by atoms with van der Waals surface area (Å²) in [5, 5.41) is 7.54. The van der Waals surface area contributed by atoms with Crippen molar-refractivity contribution in [1.82, 2.24) is 5.32 Å². The highest BCUT2D eigenvalue weighted by Gasteiger charge is 2.29. The van der Waals surface area contributed by atoms with Gasteiger partial charge >= 0.3 is 0 Å². The Kier molecular flexibility index (Phi) is 4.11. The zero-order chi connectivity index (χ0) is 15.5. The molecular formula is C16H16N2O3S. The number of hydrogen-bond acceptors (Lipinski definition) is 4. The molecule has 0 fully saturated rings. The predicted octanol–water partition coefficient (Wildman–Crippen LogP) is 2.46. The Hall–Kier alpha value is -2.34. The van der Waals surface area contributed by atoms with Crippen molar-refractivity contribution in [3.8, 4) is 5.75 Å². The van der Waals surface area contributed by atoms with Crippen molar-refractivity contribution in [3.63, 3.8) is 0 Å². The molecule has 2 heterocycles. The van der Waals surface area contributed by atoms with E-state index in [1.165, 1.54) is 0 Å². The zero-order valence-electron chi connectivity index (χ0n) is 12.1. The summed E-state index contributed by atoms with van der Waals surface area (Å²) < 4.78 is 5.64. The lowest BCUT2D eigenvalue weighted by atomic mass is 10.1. The van der Waals surface area contributed by atoms with E-state index in [1.807, 2.05) is 36.6 Å². The first kappa shape index (κ1) is 14.6. The lowest BCUT2D eigenvalue weighted by Gasteiger charge is -2.25. The molecule has 0 bridgehead atoms. The smallest absolute Gasteiger partial charge is 0.266 e. The molecule has 2 aromatic rings. The van der Waals surface area contributed by atoms with Crippen LogP contribution in [0.2, 0.25) is 0 Å². The monoisotopic (exact) mass is 316 g/mol. The lowest BCUT2D eigenvalue weighted by molar-refractivity contribution is -0.130. The van der Waals surface area contributed by atoms with Crippen molar-refractivity contribution in [3.05, 3.63) is 46.2 Å². The van der Waals surface area contributed by atoms with Crippen LogP contribution in [-0.4, -0.2) is 17.9 Å². The number of amides is 2. The molecule has 5 nitrogen and oxygen atoms in total. The van der Waals surface area contributed by atoms with E-state index in [2.05, 4.69) is 10.6 Å². The van der Waals surface area contributed by atoms with Crippen molar-refractivity contribution in [2.75, 3.05) is 5.32 Å². The van der Waals surface area contributed by atoms with Crippen LogP contribution < -0.4 is 15.4 Å². The molecule has 0 radical (unpaired) electrons. The number of carbonyl (C=O) groups is 2. The molecule has 0 spiro atoms. The normalized spacial score (nSPS) is 16.4. The van der Waals surface area contributed by atoms with Crippen LogP contribution in [0.4, 0.5) is 5.69 Å². The van der Waals surface area contributed by atoms with Gasteiger partial charge in [0.1, 0.15) is 5.75 Å². The van der Waals surface area contributed by atoms with Gasteiger partial charge < -0.3 is 15.4 Å². The molecule has 2 N–H and O–H groups in total. The van der Waals surface area contributed by atoms with Gasteiger partial charge in [-0.1, -0.05) is 12.1 Å². The van der Waals surface area contributed by atoms with Gasteiger partial charge in [0.05, 0.1) is 18.7 Å². The Bertz CT molecular complexity index is 697. The first-order valence-corrected chi connectivity index (χ1v) is 7.87. The largest absolute Gasteiger partial charge is 0.478 e. The number of carbonyl (C=O) groups excluding carboxylic acids is 2. The molecule has 2 amide bonds. The summed E-state index contributed by atoms with van der Waals surface area (Å²) in [5.41, 5.74) is 1.69. The highest BCUT2D eigenvalue weighted by Crippen LogP contribution is 2.30. The molecule has 1 aliphatic rings. The van der Waals surface area contributed by atoms with Gasteiger partial charge in [-0.3, -0.25) is 9.59 Å². The Balaban J connectivity index is 1.59. The fourth-order valence-electron chi connectivity index (χ4n) is 2.24.